The molecule has 23 heteroatoms. The van der Waals surface area contributed by atoms with Crippen molar-refractivity contribution >= 4 is 75.5 Å². The Balaban J connectivity index is 1.02. The number of rotatable bonds is 26. The Morgan fingerprint density at radius 2 is 1.72 bits per heavy atom. The second kappa shape index (κ2) is 24.2. The van der Waals surface area contributed by atoms with Crippen LogP contribution in [-0.2, 0) is 61.4 Å². The molecule has 23 nitrogen and oxygen atoms in total. The Morgan fingerprint density at radius 3 is 2.41 bits per heavy atom. The molecule has 2 aromatic carbocycles. The summed E-state index contributed by atoms with van der Waals surface area (Å²) in [5.74, 6) is -1.04. The fourth-order valence-electron chi connectivity index (χ4n) is 8.15. The highest BCUT2D eigenvalue weighted by Crippen LogP contribution is 2.41. The normalized spacial score (nSPS) is 13.4. The third-order valence-corrected chi connectivity index (χ3v) is 12.1. The first-order valence-electron chi connectivity index (χ1n) is 23.8. The topological polar surface area (TPSA) is 326 Å². The van der Waals surface area contributed by atoms with Gasteiger partial charge in [-0.3, -0.25) is 23.9 Å². The van der Waals surface area contributed by atoms with Crippen molar-refractivity contribution in [1.29, 1.82) is 0 Å². The Hall–Kier alpha value is -7.69. The highest BCUT2D eigenvalue weighted by molar-refractivity contribution is 6.08. The molecule has 5 aromatic rings. The zero-order valence-corrected chi connectivity index (χ0v) is 40.4. The Kier molecular flexibility index (Phi) is 18.0. The van der Waals surface area contributed by atoms with E-state index in [4.69, 9.17) is 21.2 Å². The summed E-state index contributed by atoms with van der Waals surface area (Å²) in [4.78, 5) is 99.2. The number of benzene rings is 2. The molecule has 0 saturated heterocycles. The van der Waals surface area contributed by atoms with Crippen molar-refractivity contribution in [2.45, 2.75) is 116 Å². The van der Waals surface area contributed by atoms with E-state index in [9.17, 15) is 38.7 Å². The number of nitrogens with one attached hydrogen (secondary N) is 5. The number of para-hydroxylation sites is 1. The van der Waals surface area contributed by atoms with Crippen molar-refractivity contribution in [2.24, 2.45) is 11.1 Å². The molecule has 1 aliphatic rings. The summed E-state index contributed by atoms with van der Waals surface area (Å²) >= 11 is 0. The van der Waals surface area contributed by atoms with Crippen molar-refractivity contribution in [2.75, 3.05) is 37.2 Å². The Bertz CT molecular complexity index is 2690. The average Bonchev–Trinajstić information content (AvgIpc) is 3.93. The number of aryl methyl sites for hydroxylation is 2. The van der Waals surface area contributed by atoms with Crippen LogP contribution in [0.5, 0.6) is 0 Å². The van der Waals surface area contributed by atoms with Crippen LogP contribution in [0.4, 0.5) is 21.1 Å². The number of aromatic nitrogens is 6. The maximum Gasteiger partial charge on any atom is 0.410 e. The third-order valence-electron chi connectivity index (χ3n) is 12.1. The lowest BCUT2D eigenvalue weighted by Gasteiger charge is -2.39. The number of nitrogens with zero attached hydrogens (tertiary/aromatic N) is 7. The summed E-state index contributed by atoms with van der Waals surface area (Å²) in [6.45, 7) is 6.73. The van der Waals surface area contributed by atoms with Gasteiger partial charge in [-0.15, -0.1) is 5.10 Å². The first-order valence-corrected chi connectivity index (χ1v) is 23.8. The summed E-state index contributed by atoms with van der Waals surface area (Å²) in [5.41, 5.74) is 12.6. The maximum absolute atomic E-state index is 13.9. The van der Waals surface area contributed by atoms with Gasteiger partial charge in [-0.1, -0.05) is 42.0 Å². The number of carbonyl (C=O) groups excluding carboxylic acids is 7. The number of primary amides is 1. The minimum Gasteiger partial charge on any atom is -0.445 e. The van der Waals surface area contributed by atoms with Crippen LogP contribution in [0, 0.1) is 5.41 Å². The lowest BCUT2D eigenvalue weighted by atomic mass is 9.67. The van der Waals surface area contributed by atoms with E-state index < -0.39 is 46.9 Å². The van der Waals surface area contributed by atoms with E-state index in [1.165, 1.54) is 4.90 Å². The standard InChI is InChI=1S/C48H64N14O9/c1-4-60(28-37-57-39-40(62(37)30-47(2,3)70)34-11-5-6-12-35(34)55-41(39)49)46(69)71-29-31-14-16-32(17-15-31)54-42(65)36(13-7-22-53-45(50)68)56-44(67)48(20-8-21-48)43(66)52-23-9-25-61-27-33(58-59-61)18-19-38(64)51-24-10-26-63/h5-6,11-12,14-17,26-27,36,70H,4,7-10,13,18-25,28-30H2,1-3H3,(H2,49,55)(H,51,64)(H,52,66)(H,54,65)(H,56,67)(H3,50,53,68)/t36-/m0/s1. The van der Waals surface area contributed by atoms with Crippen LogP contribution in [0.15, 0.2) is 54.7 Å². The van der Waals surface area contributed by atoms with E-state index in [0.717, 1.165) is 11.7 Å². The van der Waals surface area contributed by atoms with Gasteiger partial charge >= 0.3 is 12.1 Å². The van der Waals surface area contributed by atoms with Gasteiger partial charge in [0, 0.05) is 69.3 Å². The molecule has 1 aliphatic carbocycles. The molecule has 3 heterocycles. The van der Waals surface area contributed by atoms with Gasteiger partial charge in [0.05, 0.1) is 35.4 Å². The van der Waals surface area contributed by atoms with E-state index in [1.54, 1.807) is 49.0 Å². The summed E-state index contributed by atoms with van der Waals surface area (Å²) in [7, 11) is 0. The van der Waals surface area contributed by atoms with Crippen LogP contribution >= 0.6 is 0 Å². The summed E-state index contributed by atoms with van der Waals surface area (Å²) in [5, 5.41) is 33.5. The molecule has 380 valence electrons. The zero-order valence-electron chi connectivity index (χ0n) is 40.4. The van der Waals surface area contributed by atoms with Crippen LogP contribution in [0.2, 0.25) is 0 Å². The minimum atomic E-state index is -1.37. The third kappa shape index (κ3) is 14.2. The highest BCUT2D eigenvalue weighted by Gasteiger charge is 2.51. The molecule has 0 radical (unpaired) electrons. The first kappa shape index (κ1) is 52.7. The van der Waals surface area contributed by atoms with Crippen molar-refractivity contribution in [3.63, 3.8) is 0 Å². The number of fused-ring (bicyclic) bond motifs is 3. The van der Waals surface area contributed by atoms with Crippen LogP contribution in [0.1, 0.15) is 89.2 Å². The molecule has 6 rings (SSSR count). The lowest BCUT2D eigenvalue weighted by molar-refractivity contribution is -0.151. The molecule has 1 fully saturated rings. The smallest absolute Gasteiger partial charge is 0.410 e. The molecule has 1 saturated carbocycles. The molecule has 7 amide bonds. The first-order chi connectivity index (χ1) is 34.0. The van der Waals surface area contributed by atoms with E-state index in [1.807, 2.05) is 35.8 Å². The summed E-state index contributed by atoms with van der Waals surface area (Å²) in [6.07, 6.45) is 4.82. The van der Waals surface area contributed by atoms with Gasteiger partial charge in [0.2, 0.25) is 23.6 Å². The van der Waals surface area contributed by atoms with Crippen molar-refractivity contribution in [3.05, 3.63) is 71.8 Å². The number of carbonyl (C=O) groups is 7. The monoisotopic (exact) mass is 980 g/mol. The number of imidazole rings is 1. The van der Waals surface area contributed by atoms with Gasteiger partial charge in [0.1, 0.15) is 35.7 Å². The number of hydrogen-bond donors (Lipinski definition) is 8. The van der Waals surface area contributed by atoms with Crippen LogP contribution in [0.3, 0.4) is 0 Å². The average molecular weight is 981 g/mol. The van der Waals surface area contributed by atoms with Crippen LogP contribution < -0.4 is 38.1 Å². The number of anilines is 2. The number of nitrogen functional groups attached to an aromatic ring is 1. The van der Waals surface area contributed by atoms with Gasteiger partial charge in [-0.2, -0.15) is 0 Å². The van der Waals surface area contributed by atoms with E-state index in [0.29, 0.717) is 78.0 Å². The second-order valence-corrected chi connectivity index (χ2v) is 18.2. The quantitative estimate of drug-likeness (QED) is 0.0224. The molecule has 0 unspecified atom stereocenters. The number of hydrogen-bond acceptors (Lipinski definition) is 14. The van der Waals surface area contributed by atoms with E-state index in [2.05, 4.69) is 41.9 Å². The highest BCUT2D eigenvalue weighted by atomic mass is 16.6. The predicted octanol–water partition coefficient (Wildman–Crippen LogP) is 2.57. The molecule has 71 heavy (non-hydrogen) atoms. The maximum atomic E-state index is 13.9. The van der Waals surface area contributed by atoms with E-state index in [-0.39, 0.29) is 83.3 Å². The molecule has 3 aromatic heterocycles. The largest absolute Gasteiger partial charge is 0.445 e. The van der Waals surface area contributed by atoms with Crippen LogP contribution in [0.25, 0.3) is 21.9 Å². The second-order valence-electron chi connectivity index (χ2n) is 18.2. The van der Waals surface area contributed by atoms with Gasteiger partial charge < -0.3 is 62.2 Å². The van der Waals surface area contributed by atoms with Gasteiger partial charge in [0.15, 0.2) is 5.82 Å². The fraction of sp³-hybridized carbons (Fsp3) is 0.479. The number of pyridine rings is 1. The van der Waals surface area contributed by atoms with Gasteiger partial charge in [-0.05, 0) is 76.6 Å². The molecule has 0 spiro atoms. The molecule has 0 aliphatic heterocycles. The predicted molar refractivity (Wildman–Crippen MR) is 262 cm³/mol. The molecule has 10 N–H and O–H groups in total. The molecular formula is C48H64N14O9. The molecule has 0 bridgehead atoms. The SMILES string of the molecule is CCN(Cc1nc2c(N)nc3ccccc3c2n1CC(C)(C)O)C(=O)OCc1ccc(NC(=O)[C@H](CCCNC(N)=O)NC(=O)C2(C(=O)NCCCn3cc(CCC(=O)NCCC=O)nn3)CCC2)cc1. The number of urea groups is 1. The fourth-order valence-corrected chi connectivity index (χ4v) is 8.15. The number of nitrogens with two attached hydrogens (primary N) is 2. The summed E-state index contributed by atoms with van der Waals surface area (Å²) < 4.78 is 9.19. The number of ether oxygens (including phenoxy) is 1. The van der Waals surface area contributed by atoms with Crippen molar-refractivity contribution in [3.8, 4) is 0 Å². The minimum absolute atomic E-state index is 0.0604. The van der Waals surface area contributed by atoms with E-state index >= 15 is 0 Å². The molecule has 1 atom stereocenters. The van der Waals surface area contributed by atoms with Crippen molar-refractivity contribution in [1.82, 2.24) is 55.7 Å². The lowest BCUT2D eigenvalue weighted by Crippen LogP contribution is -2.58. The van der Waals surface area contributed by atoms with Gasteiger partial charge in [-0.25, -0.2) is 19.6 Å². The number of aliphatic hydroxyl groups is 1. The number of aldehydes is 1. The molecular weight excluding hydrogens is 917 g/mol. The summed E-state index contributed by atoms with van der Waals surface area (Å²) in [6, 6.07) is 12.3. The van der Waals surface area contributed by atoms with Crippen LogP contribution in [-0.4, -0.2) is 119 Å². The Labute approximate surface area is 410 Å². The number of amides is 7. The zero-order chi connectivity index (χ0) is 51.1. The van der Waals surface area contributed by atoms with Crippen molar-refractivity contribution < 1.29 is 43.4 Å². The van der Waals surface area contributed by atoms with Gasteiger partial charge in [0.25, 0.3) is 0 Å². The Morgan fingerprint density at radius 1 is 0.972 bits per heavy atom.